The number of aryl methyl sites for hydroxylation is 2. The van der Waals surface area contributed by atoms with E-state index in [0.29, 0.717) is 17.5 Å². The molecule has 0 bridgehead atoms. The summed E-state index contributed by atoms with van der Waals surface area (Å²) in [5.41, 5.74) is 3.65. The van der Waals surface area contributed by atoms with Crippen molar-refractivity contribution in [1.82, 2.24) is 13.7 Å². The van der Waals surface area contributed by atoms with E-state index >= 15 is 0 Å². The fourth-order valence-electron chi connectivity index (χ4n) is 3.61. The highest BCUT2D eigenvalue weighted by atomic mass is 16.5. The van der Waals surface area contributed by atoms with Gasteiger partial charge in [-0.2, -0.15) is 0 Å². The monoisotopic (exact) mass is 389 g/mol. The third kappa shape index (κ3) is 3.06. The molecule has 2 aromatic heterocycles. The van der Waals surface area contributed by atoms with Crippen molar-refractivity contribution in [1.29, 1.82) is 0 Å². The molecule has 0 saturated heterocycles. The Bertz CT molecular complexity index is 1310. The van der Waals surface area contributed by atoms with Gasteiger partial charge in [0.05, 0.1) is 23.2 Å². The Labute approximate surface area is 168 Å². The molecule has 0 aliphatic heterocycles. The highest BCUT2D eigenvalue weighted by Gasteiger charge is 2.20. The minimum atomic E-state index is -0.346. The van der Waals surface area contributed by atoms with Gasteiger partial charge in [0.25, 0.3) is 5.56 Å². The van der Waals surface area contributed by atoms with Crippen LogP contribution in [0.25, 0.3) is 27.8 Å². The summed E-state index contributed by atoms with van der Waals surface area (Å²) in [7, 11) is 3.20. The van der Waals surface area contributed by atoms with Gasteiger partial charge in [-0.05, 0) is 43.7 Å². The summed E-state index contributed by atoms with van der Waals surface area (Å²) in [4.78, 5) is 25.5. The lowest BCUT2D eigenvalue weighted by Crippen LogP contribution is -2.36. The summed E-state index contributed by atoms with van der Waals surface area (Å²) in [5, 5.41) is 0.521. The average molecular weight is 389 g/mol. The average Bonchev–Trinajstić information content (AvgIpc) is 3.13. The first-order chi connectivity index (χ1) is 13.9. The van der Waals surface area contributed by atoms with Crippen molar-refractivity contribution < 1.29 is 4.74 Å². The van der Waals surface area contributed by atoms with E-state index in [1.807, 2.05) is 73.1 Å². The normalized spacial score (nSPS) is 11.2. The lowest BCUT2D eigenvalue weighted by molar-refractivity contribution is 0.340. The van der Waals surface area contributed by atoms with Crippen LogP contribution in [-0.2, 0) is 14.1 Å². The van der Waals surface area contributed by atoms with Crippen molar-refractivity contribution in [2.75, 3.05) is 6.61 Å². The minimum absolute atomic E-state index is 0.302. The van der Waals surface area contributed by atoms with E-state index < -0.39 is 0 Å². The molecule has 2 aromatic carbocycles. The molecule has 0 amide bonds. The molecule has 148 valence electrons. The Morgan fingerprint density at radius 3 is 2.17 bits per heavy atom. The third-order valence-corrected chi connectivity index (χ3v) is 5.19. The first-order valence-electron chi connectivity index (χ1n) is 9.53. The predicted octanol–water partition coefficient (Wildman–Crippen LogP) is 3.40. The van der Waals surface area contributed by atoms with Gasteiger partial charge in [-0.1, -0.05) is 29.8 Å². The maximum Gasteiger partial charge on any atom is 0.330 e. The van der Waals surface area contributed by atoms with Gasteiger partial charge in [0.2, 0.25) is 0 Å². The number of aromatic nitrogens is 3. The van der Waals surface area contributed by atoms with Crippen molar-refractivity contribution in [2.45, 2.75) is 13.8 Å². The van der Waals surface area contributed by atoms with Gasteiger partial charge >= 0.3 is 5.69 Å². The topological polar surface area (TPSA) is 58.2 Å². The second-order valence-corrected chi connectivity index (χ2v) is 7.11. The van der Waals surface area contributed by atoms with Gasteiger partial charge in [0, 0.05) is 26.0 Å². The molecule has 0 N–H and O–H groups in total. The molecule has 6 nitrogen and oxygen atoms in total. The molecule has 0 saturated carbocycles. The molecule has 0 aliphatic carbocycles. The maximum absolute atomic E-state index is 13.1. The van der Waals surface area contributed by atoms with Gasteiger partial charge in [-0.3, -0.25) is 13.9 Å². The van der Waals surface area contributed by atoms with E-state index in [9.17, 15) is 9.59 Å². The van der Waals surface area contributed by atoms with Crippen LogP contribution in [0, 0.1) is 6.92 Å². The van der Waals surface area contributed by atoms with E-state index in [2.05, 4.69) is 0 Å². The lowest BCUT2D eigenvalue weighted by atomic mass is 10.1. The Morgan fingerprint density at radius 1 is 0.897 bits per heavy atom. The van der Waals surface area contributed by atoms with E-state index in [-0.39, 0.29) is 11.2 Å². The maximum atomic E-state index is 13.1. The third-order valence-electron chi connectivity index (χ3n) is 5.19. The second kappa shape index (κ2) is 7.13. The smallest absolute Gasteiger partial charge is 0.330 e. The summed E-state index contributed by atoms with van der Waals surface area (Å²) >= 11 is 0. The molecule has 0 atom stereocenters. The van der Waals surface area contributed by atoms with E-state index in [0.717, 1.165) is 32.8 Å². The first kappa shape index (κ1) is 18.8. The quantitative estimate of drug-likeness (QED) is 0.538. The van der Waals surface area contributed by atoms with Crippen molar-refractivity contribution >= 4 is 10.9 Å². The van der Waals surface area contributed by atoms with Crippen LogP contribution < -0.4 is 16.0 Å². The first-order valence-corrected chi connectivity index (χ1v) is 9.53. The van der Waals surface area contributed by atoms with Crippen LogP contribution in [0.5, 0.6) is 5.75 Å². The molecular formula is C23H23N3O3. The SMILES string of the molecule is CCOc1ccc(-n2cc3c(c2-c2ccc(C)cc2)c(=O)n(C)c(=O)n3C)cc1. The van der Waals surface area contributed by atoms with Gasteiger partial charge in [-0.25, -0.2) is 4.79 Å². The number of hydrogen-bond donors (Lipinski definition) is 0. The summed E-state index contributed by atoms with van der Waals surface area (Å²) in [6.07, 6.45) is 1.85. The molecule has 0 unspecified atom stereocenters. The van der Waals surface area contributed by atoms with E-state index in [4.69, 9.17) is 4.74 Å². The fourth-order valence-corrected chi connectivity index (χ4v) is 3.61. The van der Waals surface area contributed by atoms with Gasteiger partial charge < -0.3 is 9.30 Å². The second-order valence-electron chi connectivity index (χ2n) is 7.11. The van der Waals surface area contributed by atoms with E-state index in [1.165, 1.54) is 11.6 Å². The Kier molecular flexibility index (Phi) is 4.62. The van der Waals surface area contributed by atoms with Gasteiger partial charge in [0.15, 0.2) is 0 Å². The standard InChI is InChI=1S/C23H23N3O3/c1-5-29-18-12-10-17(11-13-18)26-14-19-20(22(27)25(4)23(28)24(19)3)21(26)16-8-6-15(2)7-9-16/h6-14H,5H2,1-4H3. The van der Waals surface area contributed by atoms with Crippen LogP contribution in [0.4, 0.5) is 0 Å². The lowest BCUT2D eigenvalue weighted by Gasteiger charge is -2.11. The Morgan fingerprint density at radius 2 is 1.55 bits per heavy atom. The highest BCUT2D eigenvalue weighted by molar-refractivity contribution is 5.94. The largest absolute Gasteiger partial charge is 0.494 e. The van der Waals surface area contributed by atoms with Crippen LogP contribution in [0.2, 0.25) is 0 Å². The number of rotatable bonds is 4. The zero-order chi connectivity index (χ0) is 20.7. The molecular weight excluding hydrogens is 366 g/mol. The van der Waals surface area contributed by atoms with Crippen molar-refractivity contribution in [2.24, 2.45) is 14.1 Å². The zero-order valence-corrected chi connectivity index (χ0v) is 17.0. The molecule has 2 heterocycles. The van der Waals surface area contributed by atoms with Crippen LogP contribution in [0.3, 0.4) is 0 Å². The van der Waals surface area contributed by atoms with Crippen molar-refractivity contribution in [3.8, 4) is 22.7 Å². The summed E-state index contributed by atoms with van der Waals surface area (Å²) in [5.74, 6) is 0.785. The predicted molar refractivity (Wildman–Crippen MR) is 115 cm³/mol. The summed E-state index contributed by atoms with van der Waals surface area (Å²) in [6, 6.07) is 15.7. The molecule has 0 fully saturated rings. The number of hydrogen-bond acceptors (Lipinski definition) is 3. The summed E-state index contributed by atoms with van der Waals surface area (Å²) in [6.45, 7) is 4.56. The number of benzene rings is 2. The minimum Gasteiger partial charge on any atom is -0.494 e. The van der Waals surface area contributed by atoms with Crippen molar-refractivity contribution in [3.63, 3.8) is 0 Å². The Balaban J connectivity index is 2.08. The molecule has 4 rings (SSSR count). The van der Waals surface area contributed by atoms with Gasteiger partial charge in [0.1, 0.15) is 5.75 Å². The molecule has 0 aliphatic rings. The summed E-state index contributed by atoms with van der Waals surface area (Å²) < 4.78 is 10.2. The van der Waals surface area contributed by atoms with Crippen LogP contribution in [0.1, 0.15) is 12.5 Å². The zero-order valence-electron chi connectivity index (χ0n) is 17.0. The van der Waals surface area contributed by atoms with Crippen molar-refractivity contribution in [3.05, 3.63) is 81.1 Å². The molecule has 0 spiro atoms. The van der Waals surface area contributed by atoms with Crippen LogP contribution in [0.15, 0.2) is 64.3 Å². The van der Waals surface area contributed by atoms with E-state index in [1.54, 1.807) is 7.05 Å². The number of fused-ring (bicyclic) bond motifs is 1. The molecule has 4 aromatic rings. The van der Waals surface area contributed by atoms with Gasteiger partial charge in [-0.15, -0.1) is 0 Å². The number of nitrogens with zero attached hydrogens (tertiary/aromatic N) is 3. The van der Waals surface area contributed by atoms with Crippen LogP contribution >= 0.6 is 0 Å². The number of ether oxygens (including phenoxy) is 1. The fraction of sp³-hybridized carbons (Fsp3) is 0.217. The Hall–Kier alpha value is -3.54. The molecule has 29 heavy (non-hydrogen) atoms. The molecule has 0 radical (unpaired) electrons. The molecule has 6 heteroatoms. The highest BCUT2D eigenvalue weighted by Crippen LogP contribution is 2.31. The van der Waals surface area contributed by atoms with Crippen LogP contribution in [-0.4, -0.2) is 20.3 Å².